The van der Waals surface area contributed by atoms with Gasteiger partial charge in [-0.3, -0.25) is 9.48 Å². The zero-order valence-corrected chi connectivity index (χ0v) is 11.9. The maximum atomic E-state index is 12.2. The third-order valence-corrected chi connectivity index (χ3v) is 3.75. The molecule has 0 spiro atoms. The van der Waals surface area contributed by atoms with Crippen LogP contribution in [0.1, 0.15) is 36.2 Å². The van der Waals surface area contributed by atoms with Crippen molar-refractivity contribution in [2.24, 2.45) is 0 Å². The molecule has 1 fully saturated rings. The zero-order valence-electron chi connectivity index (χ0n) is 11.2. The van der Waals surface area contributed by atoms with Crippen LogP contribution < -0.4 is 5.32 Å². The van der Waals surface area contributed by atoms with Crippen molar-refractivity contribution in [3.63, 3.8) is 0 Å². The minimum Gasteiger partial charge on any atom is -0.383 e. The summed E-state index contributed by atoms with van der Waals surface area (Å²) >= 11 is 6.04. The van der Waals surface area contributed by atoms with E-state index in [1.165, 1.54) is 19.0 Å². The van der Waals surface area contributed by atoms with Gasteiger partial charge in [0, 0.05) is 13.2 Å². The number of ketones is 1. The van der Waals surface area contributed by atoms with E-state index in [-0.39, 0.29) is 5.78 Å². The largest absolute Gasteiger partial charge is 0.383 e. The van der Waals surface area contributed by atoms with Crippen LogP contribution in [0.3, 0.4) is 0 Å². The number of methoxy groups -OCH3 is 1. The monoisotopic (exact) mass is 285 g/mol. The number of halogens is 1. The van der Waals surface area contributed by atoms with Crippen molar-refractivity contribution in [3.05, 3.63) is 16.9 Å². The molecule has 2 rings (SSSR count). The van der Waals surface area contributed by atoms with Crippen molar-refractivity contribution in [2.75, 3.05) is 20.3 Å². The number of hydrogen-bond donors (Lipinski definition) is 1. The highest BCUT2D eigenvalue weighted by Gasteiger charge is 2.20. The molecule has 1 saturated carbocycles. The van der Waals surface area contributed by atoms with E-state index in [4.69, 9.17) is 16.3 Å². The SMILES string of the molecule is COCCn1ncc(Cl)c1C(=O)CNC1CCCC1. The fourth-order valence-electron chi connectivity index (χ4n) is 2.44. The van der Waals surface area contributed by atoms with Crippen LogP contribution in [0.25, 0.3) is 0 Å². The van der Waals surface area contributed by atoms with Crippen molar-refractivity contribution in [3.8, 4) is 0 Å². The van der Waals surface area contributed by atoms with Crippen molar-refractivity contribution in [1.82, 2.24) is 15.1 Å². The van der Waals surface area contributed by atoms with Gasteiger partial charge in [-0.25, -0.2) is 0 Å². The first kappa shape index (κ1) is 14.5. The second kappa shape index (κ2) is 7.03. The van der Waals surface area contributed by atoms with Gasteiger partial charge in [-0.15, -0.1) is 0 Å². The molecule has 0 atom stereocenters. The van der Waals surface area contributed by atoms with Gasteiger partial charge >= 0.3 is 0 Å². The van der Waals surface area contributed by atoms with Crippen LogP contribution in [0.4, 0.5) is 0 Å². The number of nitrogens with zero attached hydrogens (tertiary/aromatic N) is 2. The van der Waals surface area contributed by atoms with Crippen LogP contribution in [0.15, 0.2) is 6.20 Å². The van der Waals surface area contributed by atoms with Crippen LogP contribution in [-0.4, -0.2) is 41.9 Å². The van der Waals surface area contributed by atoms with E-state index in [0.717, 1.165) is 12.8 Å². The lowest BCUT2D eigenvalue weighted by Crippen LogP contribution is -2.32. The Labute approximate surface area is 118 Å². The third kappa shape index (κ3) is 3.78. The molecule has 0 unspecified atom stereocenters. The van der Waals surface area contributed by atoms with Crippen molar-refractivity contribution >= 4 is 17.4 Å². The van der Waals surface area contributed by atoms with Crippen LogP contribution in [0, 0.1) is 0 Å². The van der Waals surface area contributed by atoms with Gasteiger partial charge in [0.25, 0.3) is 0 Å². The number of aromatic nitrogens is 2. The Hall–Kier alpha value is -0.910. The quantitative estimate of drug-likeness (QED) is 0.778. The molecule has 0 saturated heterocycles. The lowest BCUT2D eigenvalue weighted by Gasteiger charge is -2.12. The predicted molar refractivity (Wildman–Crippen MR) is 73.7 cm³/mol. The Morgan fingerprint density at radius 2 is 2.32 bits per heavy atom. The molecule has 0 amide bonds. The summed E-state index contributed by atoms with van der Waals surface area (Å²) in [5.41, 5.74) is 0.476. The van der Waals surface area contributed by atoms with Gasteiger partial charge in [-0.2, -0.15) is 5.10 Å². The van der Waals surface area contributed by atoms with Gasteiger partial charge in [0.2, 0.25) is 0 Å². The lowest BCUT2D eigenvalue weighted by molar-refractivity contribution is 0.0973. The van der Waals surface area contributed by atoms with Gasteiger partial charge in [0.05, 0.1) is 30.9 Å². The van der Waals surface area contributed by atoms with E-state index in [0.29, 0.717) is 36.5 Å². The molecule has 0 bridgehead atoms. The highest BCUT2D eigenvalue weighted by molar-refractivity contribution is 6.33. The summed E-state index contributed by atoms with van der Waals surface area (Å²) in [5, 5.41) is 7.82. The Morgan fingerprint density at radius 1 is 1.58 bits per heavy atom. The minimum absolute atomic E-state index is 0.00879. The van der Waals surface area contributed by atoms with Gasteiger partial charge in [-0.1, -0.05) is 24.4 Å². The number of rotatable bonds is 7. The Morgan fingerprint density at radius 3 is 3.00 bits per heavy atom. The van der Waals surface area contributed by atoms with Crippen LogP contribution in [0.2, 0.25) is 5.02 Å². The summed E-state index contributed by atoms with van der Waals surface area (Å²) in [6.45, 7) is 1.37. The van der Waals surface area contributed by atoms with Crippen molar-refractivity contribution in [1.29, 1.82) is 0 Å². The molecule has 19 heavy (non-hydrogen) atoms. The molecule has 1 aromatic heterocycles. The average molecular weight is 286 g/mol. The third-order valence-electron chi connectivity index (χ3n) is 3.47. The standard InChI is InChI=1S/C13H20ClN3O2/c1-19-7-6-17-13(11(14)8-16-17)12(18)9-15-10-4-2-3-5-10/h8,10,15H,2-7,9H2,1H3. The molecule has 6 heteroatoms. The van der Waals surface area contributed by atoms with E-state index in [2.05, 4.69) is 10.4 Å². The Kier molecular flexibility index (Phi) is 5.36. The molecule has 1 aliphatic carbocycles. The number of hydrogen-bond acceptors (Lipinski definition) is 4. The summed E-state index contributed by atoms with van der Waals surface area (Å²) in [7, 11) is 1.62. The summed E-state index contributed by atoms with van der Waals surface area (Å²) in [5.74, 6) is -0.00879. The molecule has 106 valence electrons. The Balaban J connectivity index is 1.94. The summed E-state index contributed by atoms with van der Waals surface area (Å²) in [4.78, 5) is 12.2. The first-order chi connectivity index (χ1) is 9.22. The van der Waals surface area contributed by atoms with Crippen LogP contribution >= 0.6 is 11.6 Å². The summed E-state index contributed by atoms with van der Waals surface area (Å²) in [6, 6.07) is 0.470. The minimum atomic E-state index is -0.00879. The van der Waals surface area contributed by atoms with E-state index in [9.17, 15) is 4.79 Å². The van der Waals surface area contributed by atoms with Gasteiger partial charge in [0.15, 0.2) is 5.78 Å². The topological polar surface area (TPSA) is 56.2 Å². The molecule has 0 aliphatic heterocycles. The maximum Gasteiger partial charge on any atom is 0.196 e. The molecule has 5 nitrogen and oxygen atoms in total. The van der Waals surface area contributed by atoms with E-state index in [1.54, 1.807) is 11.8 Å². The Bertz CT molecular complexity index is 428. The van der Waals surface area contributed by atoms with E-state index >= 15 is 0 Å². The average Bonchev–Trinajstić information content (AvgIpc) is 3.03. The number of Topliss-reactive ketones (excluding diaryl/α,β-unsaturated/α-hetero) is 1. The molecular weight excluding hydrogens is 266 g/mol. The zero-order chi connectivity index (χ0) is 13.7. The predicted octanol–water partition coefficient (Wildman–Crippen LogP) is 1.90. The fourth-order valence-corrected chi connectivity index (χ4v) is 2.68. The molecule has 0 radical (unpaired) electrons. The number of ether oxygens (including phenoxy) is 1. The molecular formula is C13H20ClN3O2. The maximum absolute atomic E-state index is 12.2. The summed E-state index contributed by atoms with van der Waals surface area (Å²) < 4.78 is 6.62. The van der Waals surface area contributed by atoms with Crippen LogP contribution in [0.5, 0.6) is 0 Å². The van der Waals surface area contributed by atoms with E-state index in [1.807, 2.05) is 0 Å². The fraction of sp³-hybridized carbons (Fsp3) is 0.692. The first-order valence-electron chi connectivity index (χ1n) is 6.69. The number of carbonyl (C=O) groups excluding carboxylic acids is 1. The van der Waals surface area contributed by atoms with Crippen molar-refractivity contribution < 1.29 is 9.53 Å². The van der Waals surface area contributed by atoms with Gasteiger partial charge in [0.1, 0.15) is 5.69 Å². The molecule has 1 aliphatic rings. The van der Waals surface area contributed by atoms with Crippen LogP contribution in [-0.2, 0) is 11.3 Å². The normalized spacial score (nSPS) is 16.1. The second-order valence-corrected chi connectivity index (χ2v) is 5.25. The highest BCUT2D eigenvalue weighted by atomic mass is 35.5. The molecule has 1 heterocycles. The van der Waals surface area contributed by atoms with Gasteiger partial charge < -0.3 is 10.1 Å². The molecule has 1 N–H and O–H groups in total. The highest BCUT2D eigenvalue weighted by Crippen LogP contribution is 2.19. The number of nitrogens with one attached hydrogen (secondary N) is 1. The van der Waals surface area contributed by atoms with Gasteiger partial charge in [-0.05, 0) is 12.8 Å². The van der Waals surface area contributed by atoms with Crippen molar-refractivity contribution in [2.45, 2.75) is 38.3 Å². The molecule has 0 aromatic carbocycles. The second-order valence-electron chi connectivity index (χ2n) is 4.84. The lowest BCUT2D eigenvalue weighted by atomic mass is 10.2. The summed E-state index contributed by atoms with van der Waals surface area (Å²) in [6.07, 6.45) is 6.32. The number of carbonyl (C=O) groups is 1. The van der Waals surface area contributed by atoms with E-state index < -0.39 is 0 Å². The smallest absolute Gasteiger partial charge is 0.196 e. The molecule has 1 aromatic rings. The first-order valence-corrected chi connectivity index (χ1v) is 7.07.